The molecule has 0 aliphatic heterocycles. The molecule has 0 unspecified atom stereocenters. The molecule has 0 saturated carbocycles. The van der Waals surface area contributed by atoms with Crippen LogP contribution in [-0.2, 0) is 0 Å². The molecule has 1 amide bonds. The zero-order chi connectivity index (χ0) is 15.4. The minimum absolute atomic E-state index is 0.0219. The number of nitrogens with zero attached hydrogens (tertiary/aromatic N) is 1. The number of carbonyl (C=O) groups excluding carboxylic acids is 1. The van der Waals surface area contributed by atoms with Gasteiger partial charge in [-0.1, -0.05) is 13.8 Å². The lowest BCUT2D eigenvalue weighted by atomic mass is 10.1. The van der Waals surface area contributed by atoms with Gasteiger partial charge < -0.3 is 14.1 Å². The lowest BCUT2D eigenvalue weighted by Crippen LogP contribution is -2.32. The maximum absolute atomic E-state index is 12.7. The van der Waals surface area contributed by atoms with E-state index in [2.05, 4.69) is 13.8 Å². The fourth-order valence-corrected chi connectivity index (χ4v) is 2.53. The Kier molecular flexibility index (Phi) is 4.89. The van der Waals surface area contributed by atoms with Gasteiger partial charge in [0.05, 0.1) is 7.11 Å². The second-order valence-corrected chi connectivity index (χ2v) is 5.21. The molecule has 4 heteroatoms. The normalized spacial score (nSPS) is 10.9. The van der Waals surface area contributed by atoms with Crippen LogP contribution in [0.4, 0.5) is 0 Å². The quantitative estimate of drug-likeness (QED) is 0.807. The molecule has 0 aliphatic carbocycles. The van der Waals surface area contributed by atoms with Gasteiger partial charge in [0.1, 0.15) is 11.3 Å². The highest BCUT2D eigenvalue weighted by atomic mass is 16.5. The van der Waals surface area contributed by atoms with Crippen LogP contribution in [0.5, 0.6) is 5.75 Å². The number of aryl methyl sites for hydroxylation is 1. The van der Waals surface area contributed by atoms with Gasteiger partial charge >= 0.3 is 0 Å². The van der Waals surface area contributed by atoms with Gasteiger partial charge in [-0.05, 0) is 38.0 Å². The molecule has 0 spiro atoms. The standard InChI is InChI=1S/C17H23NO3/c1-5-9-18(10-6-2)17(19)16-12(3)14-11-13(20-4)7-8-15(14)21-16/h7-8,11H,5-6,9-10H2,1-4H3. The Morgan fingerprint density at radius 1 is 1.24 bits per heavy atom. The third-order valence-electron chi connectivity index (χ3n) is 3.61. The van der Waals surface area contributed by atoms with Crippen LogP contribution in [0, 0.1) is 6.92 Å². The first kappa shape index (κ1) is 15.4. The van der Waals surface area contributed by atoms with Crippen molar-refractivity contribution in [2.75, 3.05) is 20.2 Å². The number of rotatable bonds is 6. The zero-order valence-corrected chi connectivity index (χ0v) is 13.2. The van der Waals surface area contributed by atoms with Gasteiger partial charge in [0.25, 0.3) is 5.91 Å². The van der Waals surface area contributed by atoms with E-state index in [4.69, 9.17) is 9.15 Å². The number of furan rings is 1. The summed E-state index contributed by atoms with van der Waals surface area (Å²) >= 11 is 0. The van der Waals surface area contributed by atoms with Crippen LogP contribution in [0.25, 0.3) is 11.0 Å². The molecule has 0 N–H and O–H groups in total. The van der Waals surface area contributed by atoms with Crippen LogP contribution in [0.3, 0.4) is 0 Å². The van der Waals surface area contributed by atoms with E-state index >= 15 is 0 Å². The summed E-state index contributed by atoms with van der Waals surface area (Å²) in [6.07, 6.45) is 1.89. The summed E-state index contributed by atoms with van der Waals surface area (Å²) in [7, 11) is 1.63. The molecule has 1 heterocycles. The van der Waals surface area contributed by atoms with Crippen molar-refractivity contribution in [1.82, 2.24) is 4.90 Å². The van der Waals surface area contributed by atoms with E-state index in [1.54, 1.807) is 7.11 Å². The number of amides is 1. The van der Waals surface area contributed by atoms with Crippen molar-refractivity contribution in [2.45, 2.75) is 33.6 Å². The summed E-state index contributed by atoms with van der Waals surface area (Å²) in [6.45, 7) is 7.59. The number of hydrogen-bond acceptors (Lipinski definition) is 3. The molecule has 0 saturated heterocycles. The molecule has 114 valence electrons. The third-order valence-corrected chi connectivity index (χ3v) is 3.61. The summed E-state index contributed by atoms with van der Waals surface area (Å²) in [4.78, 5) is 14.5. The molecule has 2 rings (SSSR count). The third kappa shape index (κ3) is 3.04. The van der Waals surface area contributed by atoms with E-state index in [-0.39, 0.29) is 5.91 Å². The second kappa shape index (κ2) is 6.66. The number of methoxy groups -OCH3 is 1. The highest BCUT2D eigenvalue weighted by molar-refractivity contribution is 5.99. The summed E-state index contributed by atoms with van der Waals surface area (Å²) in [6, 6.07) is 5.60. The highest BCUT2D eigenvalue weighted by Gasteiger charge is 2.22. The highest BCUT2D eigenvalue weighted by Crippen LogP contribution is 2.29. The molecule has 1 aromatic carbocycles. The van der Waals surface area contributed by atoms with Gasteiger partial charge in [-0.15, -0.1) is 0 Å². The van der Waals surface area contributed by atoms with E-state index < -0.39 is 0 Å². The van der Waals surface area contributed by atoms with Gasteiger partial charge in [0, 0.05) is 24.0 Å². The van der Waals surface area contributed by atoms with Crippen LogP contribution >= 0.6 is 0 Å². The lowest BCUT2D eigenvalue weighted by molar-refractivity contribution is 0.0725. The largest absolute Gasteiger partial charge is 0.497 e. The van der Waals surface area contributed by atoms with Crippen LogP contribution in [0.1, 0.15) is 42.8 Å². The molecule has 2 aromatic rings. The Balaban J connectivity index is 2.40. The first-order valence-electron chi connectivity index (χ1n) is 7.48. The van der Waals surface area contributed by atoms with Crippen molar-refractivity contribution < 1.29 is 13.9 Å². The Bertz CT molecular complexity index is 624. The van der Waals surface area contributed by atoms with Crippen molar-refractivity contribution >= 4 is 16.9 Å². The van der Waals surface area contributed by atoms with Crippen molar-refractivity contribution in [3.05, 3.63) is 29.5 Å². The van der Waals surface area contributed by atoms with Gasteiger partial charge in [0.15, 0.2) is 5.76 Å². The van der Waals surface area contributed by atoms with Crippen molar-refractivity contribution in [3.8, 4) is 5.75 Å². The monoisotopic (exact) mass is 289 g/mol. The van der Waals surface area contributed by atoms with E-state index in [0.29, 0.717) is 5.76 Å². The fourth-order valence-electron chi connectivity index (χ4n) is 2.53. The second-order valence-electron chi connectivity index (χ2n) is 5.21. The topological polar surface area (TPSA) is 42.7 Å². The van der Waals surface area contributed by atoms with Crippen LogP contribution < -0.4 is 4.74 Å². The van der Waals surface area contributed by atoms with Gasteiger partial charge in [-0.2, -0.15) is 0 Å². The van der Waals surface area contributed by atoms with Crippen molar-refractivity contribution in [3.63, 3.8) is 0 Å². The molecule has 0 aliphatic rings. The molecule has 1 aromatic heterocycles. The van der Waals surface area contributed by atoms with Crippen LogP contribution in [-0.4, -0.2) is 31.0 Å². The van der Waals surface area contributed by atoms with Gasteiger partial charge in [0.2, 0.25) is 0 Å². The molecular formula is C17H23NO3. The maximum atomic E-state index is 12.7. The first-order chi connectivity index (χ1) is 10.1. The predicted molar refractivity (Wildman–Crippen MR) is 84.0 cm³/mol. The Labute approximate surface area is 125 Å². The minimum Gasteiger partial charge on any atom is -0.497 e. The molecule has 4 nitrogen and oxygen atoms in total. The Morgan fingerprint density at radius 3 is 2.48 bits per heavy atom. The number of carbonyl (C=O) groups is 1. The fraction of sp³-hybridized carbons (Fsp3) is 0.471. The number of hydrogen-bond donors (Lipinski definition) is 0. The van der Waals surface area contributed by atoms with E-state index in [0.717, 1.165) is 48.2 Å². The summed E-state index contributed by atoms with van der Waals surface area (Å²) in [5, 5.41) is 0.936. The number of benzene rings is 1. The lowest BCUT2D eigenvalue weighted by Gasteiger charge is -2.20. The van der Waals surface area contributed by atoms with E-state index in [1.165, 1.54) is 0 Å². The predicted octanol–water partition coefficient (Wildman–Crippen LogP) is 4.01. The van der Waals surface area contributed by atoms with Crippen LogP contribution in [0.15, 0.2) is 22.6 Å². The number of ether oxygens (including phenoxy) is 1. The van der Waals surface area contributed by atoms with Crippen molar-refractivity contribution in [1.29, 1.82) is 0 Å². The SMILES string of the molecule is CCCN(CCC)C(=O)c1oc2ccc(OC)cc2c1C. The van der Waals surface area contributed by atoms with Gasteiger partial charge in [-0.3, -0.25) is 4.79 Å². The molecule has 0 bridgehead atoms. The average Bonchev–Trinajstić information content (AvgIpc) is 2.83. The van der Waals surface area contributed by atoms with E-state index in [9.17, 15) is 4.79 Å². The number of fused-ring (bicyclic) bond motifs is 1. The van der Waals surface area contributed by atoms with Gasteiger partial charge in [-0.25, -0.2) is 0 Å². The average molecular weight is 289 g/mol. The molecular weight excluding hydrogens is 266 g/mol. The first-order valence-corrected chi connectivity index (χ1v) is 7.48. The molecule has 0 atom stereocenters. The molecule has 0 radical (unpaired) electrons. The molecule has 0 fully saturated rings. The minimum atomic E-state index is -0.0219. The van der Waals surface area contributed by atoms with Crippen molar-refractivity contribution in [2.24, 2.45) is 0 Å². The maximum Gasteiger partial charge on any atom is 0.289 e. The zero-order valence-electron chi connectivity index (χ0n) is 13.2. The Hall–Kier alpha value is -1.97. The Morgan fingerprint density at radius 2 is 1.90 bits per heavy atom. The van der Waals surface area contributed by atoms with E-state index in [1.807, 2.05) is 30.0 Å². The summed E-state index contributed by atoms with van der Waals surface area (Å²) in [5.41, 5.74) is 1.61. The summed E-state index contributed by atoms with van der Waals surface area (Å²) in [5.74, 6) is 1.19. The summed E-state index contributed by atoms with van der Waals surface area (Å²) < 4.78 is 11.0. The molecule has 21 heavy (non-hydrogen) atoms. The smallest absolute Gasteiger partial charge is 0.289 e. The van der Waals surface area contributed by atoms with Crippen LogP contribution in [0.2, 0.25) is 0 Å².